The summed E-state index contributed by atoms with van der Waals surface area (Å²) in [6.07, 6.45) is 0. The molecule has 0 aliphatic heterocycles. The van der Waals surface area contributed by atoms with E-state index in [2.05, 4.69) is 22.2 Å². The summed E-state index contributed by atoms with van der Waals surface area (Å²) in [6, 6.07) is 26.0. The Morgan fingerprint density at radius 3 is 2.27 bits per heavy atom. The van der Waals surface area contributed by atoms with Gasteiger partial charge in [-0.15, -0.1) is 0 Å². The van der Waals surface area contributed by atoms with Crippen molar-refractivity contribution in [1.82, 2.24) is 15.2 Å². The molecule has 0 aliphatic rings. The number of hydrazine groups is 1. The van der Waals surface area contributed by atoms with E-state index in [1.165, 1.54) is 10.4 Å². The third kappa shape index (κ3) is 6.95. The monoisotopic (exact) mass is 576 g/mol. The van der Waals surface area contributed by atoms with Crippen LogP contribution in [0.1, 0.15) is 35.3 Å². The van der Waals surface area contributed by atoms with E-state index in [1.807, 2.05) is 55.5 Å². The predicted molar refractivity (Wildman–Crippen MR) is 163 cm³/mol. The van der Waals surface area contributed by atoms with Gasteiger partial charge in [0.1, 0.15) is 12.4 Å². The first-order valence-corrected chi connectivity index (χ1v) is 14.7. The number of thiocarbonyl (C=S) groups is 1. The standard InChI is InChI=1S/C30H32N4O4S2/c1-4-34(5-2)40(36,37)27-17-10-21(3)28(19-27)31-30(39)33-32-29(35)24-13-11-22(12-14-24)20-38-26-16-15-23-8-6-7-9-25(23)18-26/h6-19H,4-5,20H2,1-3H3,(H,32,35)(H2,31,33,39). The van der Waals surface area contributed by atoms with Crippen LogP contribution in [0.4, 0.5) is 5.69 Å². The number of sulfonamides is 1. The quantitative estimate of drug-likeness (QED) is 0.182. The highest BCUT2D eigenvalue weighted by Gasteiger charge is 2.22. The molecule has 0 spiro atoms. The summed E-state index contributed by atoms with van der Waals surface area (Å²) in [4.78, 5) is 12.8. The molecule has 0 bridgehead atoms. The van der Waals surface area contributed by atoms with E-state index in [1.54, 1.807) is 38.1 Å². The Balaban J connectivity index is 1.31. The first-order chi connectivity index (χ1) is 19.2. The molecule has 0 heterocycles. The molecule has 3 N–H and O–H groups in total. The average molecular weight is 577 g/mol. The second-order valence-electron chi connectivity index (χ2n) is 9.09. The molecule has 0 saturated carbocycles. The molecule has 40 heavy (non-hydrogen) atoms. The van der Waals surface area contributed by atoms with Gasteiger partial charge in [-0.2, -0.15) is 4.31 Å². The highest BCUT2D eigenvalue weighted by Crippen LogP contribution is 2.23. The summed E-state index contributed by atoms with van der Waals surface area (Å²) in [6.45, 7) is 6.55. The van der Waals surface area contributed by atoms with E-state index in [-0.39, 0.29) is 15.9 Å². The lowest BCUT2D eigenvalue weighted by Crippen LogP contribution is -2.43. The van der Waals surface area contributed by atoms with E-state index in [0.717, 1.165) is 27.6 Å². The molecule has 0 radical (unpaired) electrons. The Hall–Kier alpha value is -3.99. The number of nitrogens with zero attached hydrogens (tertiary/aromatic N) is 1. The first-order valence-electron chi connectivity index (χ1n) is 12.9. The Morgan fingerprint density at radius 1 is 0.875 bits per heavy atom. The highest BCUT2D eigenvalue weighted by molar-refractivity contribution is 7.89. The van der Waals surface area contributed by atoms with Crippen molar-refractivity contribution in [3.05, 3.63) is 102 Å². The maximum absolute atomic E-state index is 12.9. The van der Waals surface area contributed by atoms with Crippen molar-refractivity contribution in [2.45, 2.75) is 32.3 Å². The van der Waals surface area contributed by atoms with Gasteiger partial charge in [0, 0.05) is 24.3 Å². The number of rotatable bonds is 9. The second kappa shape index (κ2) is 12.9. The molecule has 0 atom stereocenters. The van der Waals surface area contributed by atoms with Crippen LogP contribution in [0.25, 0.3) is 10.8 Å². The molecule has 8 nitrogen and oxygen atoms in total. The van der Waals surface area contributed by atoms with Crippen molar-refractivity contribution in [2.24, 2.45) is 0 Å². The van der Waals surface area contributed by atoms with Gasteiger partial charge in [-0.05, 0) is 77.4 Å². The van der Waals surface area contributed by atoms with Crippen LogP contribution in [0.3, 0.4) is 0 Å². The zero-order valence-corrected chi connectivity index (χ0v) is 24.2. The molecule has 0 saturated heterocycles. The highest BCUT2D eigenvalue weighted by atomic mass is 32.2. The molecule has 10 heteroatoms. The number of hydrogen-bond donors (Lipinski definition) is 3. The molecule has 4 aromatic rings. The number of hydrogen-bond acceptors (Lipinski definition) is 5. The van der Waals surface area contributed by atoms with Gasteiger partial charge in [-0.3, -0.25) is 15.6 Å². The summed E-state index contributed by atoms with van der Waals surface area (Å²) in [7, 11) is -3.62. The number of amides is 1. The fourth-order valence-corrected chi connectivity index (χ4v) is 5.77. The topological polar surface area (TPSA) is 99.8 Å². The fourth-order valence-electron chi connectivity index (χ4n) is 4.12. The van der Waals surface area contributed by atoms with Crippen molar-refractivity contribution in [3.63, 3.8) is 0 Å². The number of carbonyl (C=O) groups excluding carboxylic acids is 1. The lowest BCUT2D eigenvalue weighted by molar-refractivity contribution is 0.0944. The Bertz CT molecular complexity index is 1620. The average Bonchev–Trinajstić information content (AvgIpc) is 2.96. The molecule has 4 rings (SSSR count). The van der Waals surface area contributed by atoms with Gasteiger partial charge in [0.2, 0.25) is 10.0 Å². The summed E-state index contributed by atoms with van der Waals surface area (Å²) >= 11 is 5.32. The van der Waals surface area contributed by atoms with Gasteiger partial charge < -0.3 is 10.1 Å². The van der Waals surface area contributed by atoms with Crippen molar-refractivity contribution < 1.29 is 17.9 Å². The molecule has 0 aromatic heterocycles. The molecule has 4 aromatic carbocycles. The van der Waals surface area contributed by atoms with Crippen molar-refractivity contribution in [1.29, 1.82) is 0 Å². The zero-order valence-electron chi connectivity index (χ0n) is 22.6. The van der Waals surface area contributed by atoms with Crippen LogP contribution in [-0.2, 0) is 16.6 Å². The molecular formula is C30H32N4O4S2. The number of carbonyl (C=O) groups is 1. The van der Waals surface area contributed by atoms with Crippen molar-refractivity contribution in [3.8, 4) is 5.75 Å². The van der Waals surface area contributed by atoms with Crippen LogP contribution in [0.2, 0.25) is 0 Å². The Kier molecular flexibility index (Phi) is 9.36. The van der Waals surface area contributed by atoms with Gasteiger partial charge in [0.25, 0.3) is 5.91 Å². The van der Waals surface area contributed by atoms with Gasteiger partial charge in [0.15, 0.2) is 5.11 Å². The maximum atomic E-state index is 12.9. The van der Waals surface area contributed by atoms with Crippen LogP contribution in [0, 0.1) is 6.92 Å². The second-order valence-corrected chi connectivity index (χ2v) is 11.4. The van der Waals surface area contributed by atoms with Gasteiger partial charge in [-0.1, -0.05) is 62.4 Å². The van der Waals surface area contributed by atoms with E-state index in [9.17, 15) is 13.2 Å². The molecule has 0 unspecified atom stereocenters. The number of aryl methyl sites for hydroxylation is 1. The third-order valence-corrected chi connectivity index (χ3v) is 8.68. The van der Waals surface area contributed by atoms with Crippen LogP contribution < -0.4 is 20.9 Å². The SMILES string of the molecule is CCN(CC)S(=O)(=O)c1ccc(C)c(NC(=S)NNC(=O)c2ccc(COc3ccc4ccccc4c3)cc2)c1. The number of ether oxygens (including phenoxy) is 1. The van der Waals surface area contributed by atoms with E-state index in [4.69, 9.17) is 17.0 Å². The first kappa shape index (κ1) is 29.0. The maximum Gasteiger partial charge on any atom is 0.269 e. The molecule has 1 amide bonds. The summed E-state index contributed by atoms with van der Waals surface area (Å²) in [5.74, 6) is 0.401. The van der Waals surface area contributed by atoms with Crippen molar-refractivity contribution in [2.75, 3.05) is 18.4 Å². The van der Waals surface area contributed by atoms with E-state index >= 15 is 0 Å². The van der Waals surface area contributed by atoms with Gasteiger partial charge in [-0.25, -0.2) is 8.42 Å². The summed E-state index contributed by atoms with van der Waals surface area (Å²) in [5, 5.41) is 5.35. The van der Waals surface area contributed by atoms with Crippen molar-refractivity contribution >= 4 is 49.7 Å². The normalized spacial score (nSPS) is 11.3. The number of nitrogens with one attached hydrogen (secondary N) is 3. The van der Waals surface area contributed by atoms with Crippen LogP contribution >= 0.6 is 12.2 Å². The smallest absolute Gasteiger partial charge is 0.269 e. The fraction of sp³-hybridized carbons (Fsp3) is 0.200. The minimum absolute atomic E-state index is 0.120. The largest absolute Gasteiger partial charge is 0.489 e. The van der Waals surface area contributed by atoms with Crippen LogP contribution in [-0.4, -0.2) is 36.8 Å². The van der Waals surface area contributed by atoms with Crippen LogP contribution in [0.5, 0.6) is 5.75 Å². The van der Waals surface area contributed by atoms with E-state index < -0.39 is 10.0 Å². The van der Waals surface area contributed by atoms with Crippen LogP contribution in [0.15, 0.2) is 89.8 Å². The Labute approximate surface area is 240 Å². The minimum atomic E-state index is -3.62. The van der Waals surface area contributed by atoms with Gasteiger partial charge in [0.05, 0.1) is 4.90 Å². The zero-order chi connectivity index (χ0) is 28.7. The third-order valence-electron chi connectivity index (χ3n) is 6.43. The molecule has 208 valence electrons. The number of benzene rings is 4. The number of fused-ring (bicyclic) bond motifs is 1. The predicted octanol–water partition coefficient (Wildman–Crippen LogP) is 5.39. The Morgan fingerprint density at radius 2 is 1.57 bits per heavy atom. The lowest BCUT2D eigenvalue weighted by atomic mass is 10.1. The summed E-state index contributed by atoms with van der Waals surface area (Å²) in [5.41, 5.74) is 7.92. The lowest BCUT2D eigenvalue weighted by Gasteiger charge is -2.20. The number of anilines is 1. The minimum Gasteiger partial charge on any atom is -0.489 e. The van der Waals surface area contributed by atoms with E-state index in [0.29, 0.717) is 30.9 Å². The molecule has 0 aliphatic carbocycles. The summed E-state index contributed by atoms with van der Waals surface area (Å²) < 4.78 is 33.1. The van der Waals surface area contributed by atoms with Gasteiger partial charge >= 0.3 is 0 Å². The molecular weight excluding hydrogens is 544 g/mol. The molecule has 0 fully saturated rings.